The number of alkyl halides is 3. The van der Waals surface area contributed by atoms with Gasteiger partial charge in [0.15, 0.2) is 0 Å². The number of nitriles is 1. The largest absolute Gasteiger partial charge is 0.439 e. The fourth-order valence-corrected chi connectivity index (χ4v) is 3.74. The number of nitrogens with zero attached hydrogens (tertiary/aromatic N) is 4. The molecule has 4 rings (SSSR count). The van der Waals surface area contributed by atoms with Crippen LogP contribution in [0.3, 0.4) is 0 Å². The number of pyridine rings is 2. The number of hydrogen-bond donors (Lipinski definition) is 2. The van der Waals surface area contributed by atoms with Gasteiger partial charge in [0.25, 0.3) is 5.91 Å². The molecular weight excluding hydrogens is 481 g/mol. The van der Waals surface area contributed by atoms with Crippen molar-refractivity contribution >= 4 is 33.9 Å². The third-order valence-electron chi connectivity index (χ3n) is 4.60. The van der Waals surface area contributed by atoms with Gasteiger partial charge in [0.2, 0.25) is 5.88 Å². The fraction of sp³-hybridized carbons (Fsp3) is 0.0870. The zero-order valence-corrected chi connectivity index (χ0v) is 18.7. The van der Waals surface area contributed by atoms with Crippen LogP contribution in [0.4, 0.5) is 29.7 Å². The maximum atomic E-state index is 12.9. The van der Waals surface area contributed by atoms with Crippen molar-refractivity contribution in [2.45, 2.75) is 13.1 Å². The van der Waals surface area contributed by atoms with Crippen LogP contribution in [0.1, 0.15) is 27.2 Å². The molecule has 1 amide bonds. The molecule has 0 aliphatic rings. The number of halogens is 3. The second-order valence-corrected chi connectivity index (χ2v) is 7.88. The number of carbonyl (C=O) groups is 1. The van der Waals surface area contributed by atoms with Gasteiger partial charge >= 0.3 is 6.18 Å². The zero-order valence-electron chi connectivity index (χ0n) is 17.9. The standard InChI is InChI=1S/C23H15F3N6O2S/c1-13-20(22(35-32-13)31-18-7-5-14(10-27)11-28-18)21(33)30-16-6-8-19(29-12-16)34-17-4-2-3-15(9-17)23(24,25)26/h2-9,11-12H,1H3,(H,28,31)(H,30,33). The summed E-state index contributed by atoms with van der Waals surface area (Å²) >= 11 is 1.08. The number of benzene rings is 1. The quantitative estimate of drug-likeness (QED) is 0.341. The molecule has 0 bridgehead atoms. The molecule has 0 radical (unpaired) electrons. The number of amides is 1. The average molecular weight is 496 g/mol. The number of carbonyl (C=O) groups excluding carboxylic acids is 1. The van der Waals surface area contributed by atoms with E-state index in [2.05, 4.69) is 25.0 Å². The first-order chi connectivity index (χ1) is 16.7. The normalized spacial score (nSPS) is 10.9. The van der Waals surface area contributed by atoms with Crippen LogP contribution in [0, 0.1) is 18.3 Å². The maximum absolute atomic E-state index is 12.9. The molecule has 35 heavy (non-hydrogen) atoms. The second kappa shape index (κ2) is 9.78. The highest BCUT2D eigenvalue weighted by atomic mass is 32.1. The van der Waals surface area contributed by atoms with E-state index in [1.165, 1.54) is 36.7 Å². The van der Waals surface area contributed by atoms with Crippen LogP contribution in [0.15, 0.2) is 60.9 Å². The van der Waals surface area contributed by atoms with Crippen LogP contribution in [-0.2, 0) is 6.18 Å². The van der Waals surface area contributed by atoms with Gasteiger partial charge < -0.3 is 15.4 Å². The van der Waals surface area contributed by atoms with Gasteiger partial charge in [0.1, 0.15) is 22.6 Å². The van der Waals surface area contributed by atoms with Crippen molar-refractivity contribution in [3.63, 3.8) is 0 Å². The summed E-state index contributed by atoms with van der Waals surface area (Å²) < 4.78 is 48.2. The number of ether oxygens (including phenoxy) is 1. The van der Waals surface area contributed by atoms with Crippen LogP contribution in [0.5, 0.6) is 11.6 Å². The van der Waals surface area contributed by atoms with E-state index in [-0.39, 0.29) is 11.6 Å². The van der Waals surface area contributed by atoms with E-state index in [1.54, 1.807) is 19.1 Å². The first-order valence-corrected chi connectivity index (χ1v) is 10.7. The van der Waals surface area contributed by atoms with Crippen molar-refractivity contribution in [3.05, 3.63) is 83.3 Å². The first-order valence-electron chi connectivity index (χ1n) is 9.95. The van der Waals surface area contributed by atoms with Crippen molar-refractivity contribution in [2.75, 3.05) is 10.6 Å². The van der Waals surface area contributed by atoms with Crippen molar-refractivity contribution in [1.29, 1.82) is 5.26 Å². The van der Waals surface area contributed by atoms with Gasteiger partial charge in [-0.3, -0.25) is 4.79 Å². The van der Waals surface area contributed by atoms with E-state index in [0.717, 1.165) is 23.7 Å². The van der Waals surface area contributed by atoms with E-state index >= 15 is 0 Å². The molecule has 176 valence electrons. The number of aryl methyl sites for hydroxylation is 1. The van der Waals surface area contributed by atoms with Crippen molar-refractivity contribution in [3.8, 4) is 17.7 Å². The molecule has 0 saturated heterocycles. The molecule has 0 saturated carbocycles. The molecule has 2 N–H and O–H groups in total. The summed E-state index contributed by atoms with van der Waals surface area (Å²) in [4.78, 5) is 21.1. The Morgan fingerprint density at radius 1 is 1.11 bits per heavy atom. The minimum absolute atomic E-state index is 0.0174. The van der Waals surface area contributed by atoms with Crippen LogP contribution in [0.2, 0.25) is 0 Å². The summed E-state index contributed by atoms with van der Waals surface area (Å²) in [6.07, 6.45) is -1.75. The van der Waals surface area contributed by atoms with E-state index in [9.17, 15) is 18.0 Å². The number of rotatable bonds is 6. The summed E-state index contributed by atoms with van der Waals surface area (Å²) in [5.41, 5.74) is 0.729. The van der Waals surface area contributed by atoms with Crippen LogP contribution < -0.4 is 15.4 Å². The Balaban J connectivity index is 1.44. The Hall–Kier alpha value is -4.50. The Morgan fingerprint density at radius 3 is 2.60 bits per heavy atom. The minimum Gasteiger partial charge on any atom is -0.439 e. The smallest absolute Gasteiger partial charge is 0.416 e. The summed E-state index contributed by atoms with van der Waals surface area (Å²) in [7, 11) is 0. The van der Waals surface area contributed by atoms with Gasteiger partial charge in [-0.2, -0.15) is 22.8 Å². The van der Waals surface area contributed by atoms with Crippen molar-refractivity contribution < 1.29 is 22.7 Å². The summed E-state index contributed by atoms with van der Waals surface area (Å²) in [6, 6.07) is 12.6. The molecule has 1 aromatic carbocycles. The van der Waals surface area contributed by atoms with Crippen LogP contribution >= 0.6 is 11.5 Å². The summed E-state index contributed by atoms with van der Waals surface area (Å²) in [6.45, 7) is 1.69. The van der Waals surface area contributed by atoms with E-state index in [4.69, 9.17) is 10.00 Å². The number of hydrogen-bond acceptors (Lipinski definition) is 8. The minimum atomic E-state index is -4.49. The topological polar surface area (TPSA) is 113 Å². The molecule has 0 aliphatic carbocycles. The van der Waals surface area contributed by atoms with Crippen LogP contribution in [-0.4, -0.2) is 20.2 Å². The number of aromatic nitrogens is 3. The number of nitrogens with one attached hydrogen (secondary N) is 2. The lowest BCUT2D eigenvalue weighted by Gasteiger charge is -2.10. The zero-order chi connectivity index (χ0) is 25.0. The second-order valence-electron chi connectivity index (χ2n) is 7.11. The molecule has 3 heterocycles. The SMILES string of the molecule is Cc1nsc(Nc2ccc(C#N)cn2)c1C(=O)Nc1ccc(Oc2cccc(C(F)(F)F)c2)nc1. The lowest BCUT2D eigenvalue weighted by atomic mass is 10.2. The Morgan fingerprint density at radius 2 is 1.94 bits per heavy atom. The summed E-state index contributed by atoms with van der Waals surface area (Å²) in [5, 5.41) is 15.1. The van der Waals surface area contributed by atoms with E-state index in [0.29, 0.717) is 33.3 Å². The Kier molecular flexibility index (Phi) is 6.61. The molecule has 0 spiro atoms. The molecule has 12 heteroatoms. The Labute approximate surface area is 201 Å². The van der Waals surface area contributed by atoms with Gasteiger partial charge in [0, 0.05) is 12.3 Å². The molecule has 0 aliphatic heterocycles. The molecule has 0 fully saturated rings. The molecular formula is C23H15F3N6O2S. The predicted molar refractivity (Wildman–Crippen MR) is 123 cm³/mol. The predicted octanol–water partition coefficient (Wildman–Crippen LogP) is 5.92. The lowest BCUT2D eigenvalue weighted by molar-refractivity contribution is -0.137. The van der Waals surface area contributed by atoms with Gasteiger partial charge in [0.05, 0.1) is 34.3 Å². The number of anilines is 3. The molecule has 0 atom stereocenters. The highest BCUT2D eigenvalue weighted by Crippen LogP contribution is 2.33. The molecule has 3 aromatic heterocycles. The third kappa shape index (κ3) is 5.71. The molecule has 0 unspecified atom stereocenters. The van der Waals surface area contributed by atoms with Crippen LogP contribution in [0.25, 0.3) is 0 Å². The summed E-state index contributed by atoms with van der Waals surface area (Å²) in [5.74, 6) is 0.0429. The van der Waals surface area contributed by atoms with Crippen molar-refractivity contribution in [1.82, 2.24) is 14.3 Å². The van der Waals surface area contributed by atoms with Crippen molar-refractivity contribution in [2.24, 2.45) is 0 Å². The monoisotopic (exact) mass is 496 g/mol. The Bertz CT molecular complexity index is 1400. The van der Waals surface area contributed by atoms with Gasteiger partial charge in [-0.15, -0.1) is 0 Å². The third-order valence-corrected chi connectivity index (χ3v) is 5.46. The molecule has 4 aromatic rings. The lowest BCUT2D eigenvalue weighted by Crippen LogP contribution is -2.14. The maximum Gasteiger partial charge on any atom is 0.416 e. The van der Waals surface area contributed by atoms with Gasteiger partial charge in [-0.25, -0.2) is 9.97 Å². The first kappa shape index (κ1) is 23.7. The van der Waals surface area contributed by atoms with Gasteiger partial charge in [-0.05, 0) is 54.9 Å². The average Bonchev–Trinajstić information content (AvgIpc) is 3.20. The van der Waals surface area contributed by atoms with Gasteiger partial charge in [-0.1, -0.05) is 6.07 Å². The van der Waals surface area contributed by atoms with E-state index in [1.807, 2.05) is 6.07 Å². The molecule has 8 nitrogen and oxygen atoms in total. The fourth-order valence-electron chi connectivity index (χ4n) is 2.94. The highest BCUT2D eigenvalue weighted by Gasteiger charge is 2.30. The highest BCUT2D eigenvalue weighted by molar-refractivity contribution is 7.10. The van der Waals surface area contributed by atoms with E-state index < -0.39 is 17.6 Å².